The molecule has 1 aliphatic carbocycles. The number of carbonyl (C=O) groups excluding carboxylic acids is 1. The summed E-state index contributed by atoms with van der Waals surface area (Å²) in [6, 6.07) is 9.57. The molecule has 1 unspecified atom stereocenters. The van der Waals surface area contributed by atoms with E-state index < -0.39 is 4.92 Å². The predicted octanol–water partition coefficient (Wildman–Crippen LogP) is 4.06. The molecule has 7 nitrogen and oxygen atoms in total. The van der Waals surface area contributed by atoms with Crippen molar-refractivity contribution in [2.75, 3.05) is 0 Å². The summed E-state index contributed by atoms with van der Waals surface area (Å²) in [6.45, 7) is 0. The number of amides is 1. The summed E-state index contributed by atoms with van der Waals surface area (Å²) < 4.78 is 1.94. The molecule has 3 rings (SSSR count). The summed E-state index contributed by atoms with van der Waals surface area (Å²) >= 11 is 0. The number of nitrogens with zero attached hydrogens (tertiary/aromatic N) is 3. The van der Waals surface area contributed by atoms with Crippen LogP contribution in [0.5, 0.6) is 0 Å². The first-order valence-corrected chi connectivity index (χ1v) is 9.33. The average Bonchev–Trinajstić information content (AvgIpc) is 3.21. The third-order valence-electron chi connectivity index (χ3n) is 5.06. The number of hydrogen-bond acceptors (Lipinski definition) is 4. The lowest BCUT2D eigenvalue weighted by Crippen LogP contribution is -2.31. The number of nitrogens with one attached hydrogen (secondary N) is 1. The molecular weight excluding hydrogens is 344 g/mol. The Labute approximate surface area is 158 Å². The number of aromatic nitrogens is 1. The predicted molar refractivity (Wildman–Crippen MR) is 103 cm³/mol. The lowest BCUT2D eigenvalue weighted by molar-refractivity contribution is -0.384. The molecule has 1 N–H and O–H groups in total. The Bertz CT molecular complexity index is 778. The SMILES string of the molecule is O=C(N/N=C/c1ccc([N+](=O)[O-])cc1)C(CC1CCCCC1)n1cccc1. The van der Waals surface area contributed by atoms with E-state index in [1.165, 1.54) is 50.5 Å². The average molecular weight is 368 g/mol. The third-order valence-corrected chi connectivity index (χ3v) is 5.06. The van der Waals surface area contributed by atoms with Gasteiger partial charge >= 0.3 is 0 Å². The van der Waals surface area contributed by atoms with Crippen LogP contribution >= 0.6 is 0 Å². The molecule has 0 spiro atoms. The van der Waals surface area contributed by atoms with Gasteiger partial charge in [-0.25, -0.2) is 5.43 Å². The van der Waals surface area contributed by atoms with Crippen LogP contribution in [0, 0.1) is 16.0 Å². The Balaban J connectivity index is 1.62. The fourth-order valence-electron chi connectivity index (χ4n) is 3.59. The quantitative estimate of drug-likeness (QED) is 0.454. The number of non-ortho nitro benzene ring substituents is 1. The number of benzene rings is 1. The largest absolute Gasteiger partial charge is 0.342 e. The molecule has 1 fully saturated rings. The topological polar surface area (TPSA) is 89.5 Å². The van der Waals surface area contributed by atoms with Crippen molar-refractivity contribution in [1.29, 1.82) is 0 Å². The number of hydrogen-bond donors (Lipinski definition) is 1. The van der Waals surface area contributed by atoms with Crippen LogP contribution < -0.4 is 5.43 Å². The van der Waals surface area contributed by atoms with Gasteiger partial charge in [-0.05, 0) is 42.2 Å². The second-order valence-corrected chi connectivity index (χ2v) is 6.97. The first-order valence-electron chi connectivity index (χ1n) is 9.33. The molecule has 1 heterocycles. The van der Waals surface area contributed by atoms with Gasteiger partial charge in [-0.3, -0.25) is 14.9 Å². The lowest BCUT2D eigenvalue weighted by Gasteiger charge is -2.26. The van der Waals surface area contributed by atoms with Crippen LogP contribution in [-0.2, 0) is 4.79 Å². The van der Waals surface area contributed by atoms with Crippen LogP contribution in [-0.4, -0.2) is 21.6 Å². The smallest absolute Gasteiger partial charge is 0.269 e. The molecule has 2 aromatic rings. The van der Waals surface area contributed by atoms with Gasteiger partial charge in [-0.15, -0.1) is 0 Å². The van der Waals surface area contributed by atoms with E-state index in [-0.39, 0.29) is 17.6 Å². The zero-order chi connectivity index (χ0) is 19.1. The van der Waals surface area contributed by atoms with Crippen molar-refractivity contribution in [3.05, 3.63) is 64.5 Å². The van der Waals surface area contributed by atoms with Crippen molar-refractivity contribution in [1.82, 2.24) is 9.99 Å². The second kappa shape index (κ2) is 9.12. The van der Waals surface area contributed by atoms with Gasteiger partial charge in [0.25, 0.3) is 11.6 Å². The molecule has 1 atom stereocenters. The van der Waals surface area contributed by atoms with Gasteiger partial charge < -0.3 is 4.57 Å². The van der Waals surface area contributed by atoms with E-state index in [4.69, 9.17) is 0 Å². The second-order valence-electron chi connectivity index (χ2n) is 6.97. The number of hydrazone groups is 1. The number of nitro benzene ring substituents is 1. The molecule has 7 heteroatoms. The van der Waals surface area contributed by atoms with Crippen LogP contribution in [0.1, 0.15) is 50.1 Å². The molecule has 1 aromatic heterocycles. The van der Waals surface area contributed by atoms with Crippen LogP contribution in [0.2, 0.25) is 0 Å². The summed E-state index contributed by atoms with van der Waals surface area (Å²) in [4.78, 5) is 22.9. The summed E-state index contributed by atoms with van der Waals surface area (Å²) in [6.07, 6.45) is 12.2. The van der Waals surface area contributed by atoms with Crippen molar-refractivity contribution in [2.45, 2.75) is 44.6 Å². The summed E-state index contributed by atoms with van der Waals surface area (Å²) in [5.74, 6) is 0.422. The van der Waals surface area contributed by atoms with Gasteiger partial charge in [-0.2, -0.15) is 5.10 Å². The Morgan fingerprint density at radius 3 is 2.52 bits per heavy atom. The van der Waals surface area contributed by atoms with Gasteiger partial charge in [0.15, 0.2) is 0 Å². The Hall–Kier alpha value is -2.96. The minimum atomic E-state index is -0.449. The van der Waals surface area contributed by atoms with E-state index in [1.807, 2.05) is 29.1 Å². The standard InChI is InChI=1S/C20H24N4O3/c25-20(22-21-15-17-8-10-18(11-9-17)24(26)27)19(23-12-4-5-13-23)14-16-6-2-1-3-7-16/h4-5,8-13,15-16,19H,1-3,6-7,14H2,(H,22,25)/b21-15+. The van der Waals surface area contributed by atoms with E-state index in [0.29, 0.717) is 11.5 Å². The summed E-state index contributed by atoms with van der Waals surface area (Å²) in [5, 5.41) is 14.7. The Kier molecular flexibility index (Phi) is 6.35. The molecule has 1 aromatic carbocycles. The number of rotatable bonds is 7. The van der Waals surface area contributed by atoms with E-state index in [2.05, 4.69) is 10.5 Å². The van der Waals surface area contributed by atoms with Gasteiger partial charge in [0.1, 0.15) is 6.04 Å². The maximum absolute atomic E-state index is 12.7. The minimum absolute atomic E-state index is 0.0244. The zero-order valence-electron chi connectivity index (χ0n) is 15.2. The normalized spacial score (nSPS) is 16.3. The van der Waals surface area contributed by atoms with Crippen molar-refractivity contribution >= 4 is 17.8 Å². The monoisotopic (exact) mass is 368 g/mol. The Morgan fingerprint density at radius 1 is 1.22 bits per heavy atom. The fraction of sp³-hybridized carbons (Fsp3) is 0.400. The minimum Gasteiger partial charge on any atom is -0.342 e. The van der Waals surface area contributed by atoms with E-state index in [9.17, 15) is 14.9 Å². The first kappa shape index (κ1) is 18.8. The van der Waals surface area contributed by atoms with E-state index in [0.717, 1.165) is 6.42 Å². The maximum Gasteiger partial charge on any atom is 0.269 e. The molecule has 0 saturated heterocycles. The van der Waals surface area contributed by atoms with Crippen molar-refractivity contribution in [3.63, 3.8) is 0 Å². The third kappa shape index (κ3) is 5.26. The highest BCUT2D eigenvalue weighted by Crippen LogP contribution is 2.31. The van der Waals surface area contributed by atoms with Crippen molar-refractivity contribution in [2.24, 2.45) is 11.0 Å². The molecule has 1 saturated carbocycles. The molecule has 1 aliphatic rings. The molecule has 27 heavy (non-hydrogen) atoms. The van der Waals surface area contributed by atoms with E-state index in [1.54, 1.807) is 12.1 Å². The van der Waals surface area contributed by atoms with Crippen LogP contribution in [0.3, 0.4) is 0 Å². The van der Waals surface area contributed by atoms with Crippen LogP contribution in [0.4, 0.5) is 5.69 Å². The molecular formula is C20H24N4O3. The molecule has 1 amide bonds. The number of carbonyl (C=O) groups is 1. The van der Waals surface area contributed by atoms with Crippen LogP contribution in [0.15, 0.2) is 53.9 Å². The van der Waals surface area contributed by atoms with Gasteiger partial charge in [-0.1, -0.05) is 32.1 Å². The highest BCUT2D eigenvalue weighted by molar-refractivity contribution is 5.84. The van der Waals surface area contributed by atoms with Crippen LogP contribution in [0.25, 0.3) is 0 Å². The summed E-state index contributed by atoms with van der Waals surface area (Å²) in [5.41, 5.74) is 3.33. The Morgan fingerprint density at radius 2 is 1.89 bits per heavy atom. The van der Waals surface area contributed by atoms with Crippen molar-refractivity contribution in [3.8, 4) is 0 Å². The van der Waals surface area contributed by atoms with Gasteiger partial charge in [0.2, 0.25) is 0 Å². The fourth-order valence-corrected chi connectivity index (χ4v) is 3.59. The molecule has 0 radical (unpaired) electrons. The van der Waals surface area contributed by atoms with Gasteiger partial charge in [0.05, 0.1) is 11.1 Å². The highest BCUT2D eigenvalue weighted by atomic mass is 16.6. The molecule has 0 bridgehead atoms. The van der Waals surface area contributed by atoms with E-state index >= 15 is 0 Å². The van der Waals surface area contributed by atoms with Crippen molar-refractivity contribution < 1.29 is 9.72 Å². The summed E-state index contributed by atoms with van der Waals surface area (Å²) in [7, 11) is 0. The lowest BCUT2D eigenvalue weighted by atomic mass is 9.84. The highest BCUT2D eigenvalue weighted by Gasteiger charge is 2.25. The number of nitro groups is 1. The zero-order valence-corrected chi connectivity index (χ0v) is 15.2. The molecule has 142 valence electrons. The maximum atomic E-state index is 12.7. The first-order chi connectivity index (χ1) is 13.1. The molecule has 0 aliphatic heterocycles. The van der Waals surface area contributed by atoms with Gasteiger partial charge in [0, 0.05) is 24.5 Å².